The van der Waals surface area contributed by atoms with Crippen LogP contribution in [0.15, 0.2) is 24.3 Å². The van der Waals surface area contributed by atoms with E-state index in [4.69, 9.17) is 0 Å². The van der Waals surface area contributed by atoms with Crippen molar-refractivity contribution in [3.05, 3.63) is 29.8 Å². The molecule has 0 heterocycles. The first kappa shape index (κ1) is 18.0. The maximum Gasteiger partial charge on any atom is 0.0414 e. The van der Waals surface area contributed by atoms with Crippen LogP contribution in [0.4, 0.5) is 5.69 Å². The van der Waals surface area contributed by atoms with E-state index in [1.807, 2.05) is 0 Å². The Labute approximate surface area is 131 Å². The first-order chi connectivity index (χ1) is 10.3. The molecule has 0 fully saturated rings. The van der Waals surface area contributed by atoms with E-state index in [1.54, 1.807) is 0 Å². The predicted molar refractivity (Wildman–Crippen MR) is 95.2 cm³/mol. The van der Waals surface area contributed by atoms with Gasteiger partial charge in [-0.2, -0.15) is 0 Å². The second-order valence-corrected chi connectivity index (χ2v) is 5.77. The molecule has 21 heavy (non-hydrogen) atoms. The molecule has 120 valence electrons. The number of nitrogens with zero attached hydrogens (tertiary/aromatic N) is 1. The second kappa shape index (κ2) is 10.7. The number of anilines is 1. The lowest BCUT2D eigenvalue weighted by Crippen LogP contribution is -2.29. The van der Waals surface area contributed by atoms with Gasteiger partial charge >= 0.3 is 0 Å². The monoisotopic (exact) mass is 290 g/mol. The van der Waals surface area contributed by atoms with Gasteiger partial charge in [-0.25, -0.2) is 0 Å². The van der Waals surface area contributed by atoms with Crippen molar-refractivity contribution >= 4 is 5.69 Å². The summed E-state index contributed by atoms with van der Waals surface area (Å²) in [7, 11) is 0. The molecule has 1 aromatic carbocycles. The van der Waals surface area contributed by atoms with Gasteiger partial charge in [0, 0.05) is 24.8 Å². The van der Waals surface area contributed by atoms with Gasteiger partial charge < -0.3 is 10.2 Å². The molecule has 1 atom stereocenters. The van der Waals surface area contributed by atoms with E-state index in [1.165, 1.54) is 50.0 Å². The Morgan fingerprint density at radius 1 is 0.952 bits per heavy atom. The highest BCUT2D eigenvalue weighted by atomic mass is 15.1. The summed E-state index contributed by atoms with van der Waals surface area (Å²) in [6.07, 6.45) is 6.21. The fourth-order valence-electron chi connectivity index (χ4n) is 2.84. The lowest BCUT2D eigenvalue weighted by molar-refractivity contribution is 0.535. The molecule has 0 radical (unpaired) electrons. The average Bonchev–Trinajstić information content (AvgIpc) is 2.53. The summed E-state index contributed by atoms with van der Waals surface area (Å²) in [6.45, 7) is 12.4. The summed E-state index contributed by atoms with van der Waals surface area (Å²) in [5, 5.41) is 3.63. The van der Waals surface area contributed by atoms with Crippen LogP contribution in [0, 0.1) is 0 Å². The van der Waals surface area contributed by atoms with E-state index < -0.39 is 0 Å². The maximum absolute atomic E-state index is 3.63. The molecule has 0 saturated heterocycles. The van der Waals surface area contributed by atoms with E-state index >= 15 is 0 Å². The molecule has 1 rings (SSSR count). The van der Waals surface area contributed by atoms with Crippen LogP contribution >= 0.6 is 0 Å². The fourth-order valence-corrected chi connectivity index (χ4v) is 2.84. The molecule has 1 unspecified atom stereocenters. The summed E-state index contributed by atoms with van der Waals surface area (Å²) in [5.41, 5.74) is 2.90. The highest BCUT2D eigenvalue weighted by Gasteiger charge is 2.16. The molecule has 0 bridgehead atoms. The number of rotatable bonds is 11. The number of hydrogen-bond acceptors (Lipinski definition) is 2. The lowest BCUT2D eigenvalue weighted by Gasteiger charge is -2.30. The summed E-state index contributed by atoms with van der Waals surface area (Å²) < 4.78 is 0. The SMILES string of the molecule is CCCCN(CCCC)c1ccccc1C(CC)NCC. The Morgan fingerprint density at radius 2 is 1.57 bits per heavy atom. The molecule has 0 saturated carbocycles. The predicted octanol–water partition coefficient (Wildman–Crippen LogP) is 5.15. The third kappa shape index (κ3) is 5.70. The van der Waals surface area contributed by atoms with Crippen LogP contribution in [0.25, 0.3) is 0 Å². The third-order valence-corrected chi connectivity index (χ3v) is 4.07. The van der Waals surface area contributed by atoms with E-state index in [9.17, 15) is 0 Å². The van der Waals surface area contributed by atoms with Crippen LogP contribution in [0.2, 0.25) is 0 Å². The molecule has 1 aromatic rings. The van der Waals surface area contributed by atoms with Gasteiger partial charge in [-0.15, -0.1) is 0 Å². The zero-order valence-corrected chi connectivity index (χ0v) is 14.5. The minimum Gasteiger partial charge on any atom is -0.371 e. The van der Waals surface area contributed by atoms with Crippen molar-refractivity contribution in [2.45, 2.75) is 65.8 Å². The van der Waals surface area contributed by atoms with Crippen LogP contribution < -0.4 is 10.2 Å². The molecule has 1 N–H and O–H groups in total. The van der Waals surface area contributed by atoms with E-state index in [2.05, 4.69) is 62.2 Å². The normalized spacial score (nSPS) is 12.4. The van der Waals surface area contributed by atoms with Gasteiger partial charge in [-0.1, -0.05) is 58.7 Å². The highest BCUT2D eigenvalue weighted by molar-refractivity contribution is 5.55. The molecule has 2 heteroatoms. The van der Waals surface area contributed by atoms with Crippen molar-refractivity contribution in [1.82, 2.24) is 5.32 Å². The number of benzene rings is 1. The van der Waals surface area contributed by atoms with Crippen molar-refractivity contribution in [2.75, 3.05) is 24.5 Å². The van der Waals surface area contributed by atoms with Crippen LogP contribution in [-0.4, -0.2) is 19.6 Å². The molecule has 0 aromatic heterocycles. The van der Waals surface area contributed by atoms with Gasteiger partial charge in [-0.3, -0.25) is 0 Å². The molecular formula is C19H34N2. The fraction of sp³-hybridized carbons (Fsp3) is 0.684. The third-order valence-electron chi connectivity index (χ3n) is 4.07. The summed E-state index contributed by atoms with van der Waals surface area (Å²) >= 11 is 0. The molecular weight excluding hydrogens is 256 g/mol. The molecule has 0 aliphatic carbocycles. The van der Waals surface area contributed by atoms with Gasteiger partial charge in [0.05, 0.1) is 0 Å². The highest BCUT2D eigenvalue weighted by Crippen LogP contribution is 2.28. The van der Waals surface area contributed by atoms with Crippen LogP contribution in [0.1, 0.15) is 71.4 Å². The van der Waals surface area contributed by atoms with Crippen LogP contribution in [-0.2, 0) is 0 Å². The van der Waals surface area contributed by atoms with Gasteiger partial charge in [0.1, 0.15) is 0 Å². The first-order valence-corrected chi connectivity index (χ1v) is 8.85. The van der Waals surface area contributed by atoms with Crippen molar-refractivity contribution in [2.24, 2.45) is 0 Å². The molecule has 0 aliphatic rings. The minimum absolute atomic E-state index is 0.469. The minimum atomic E-state index is 0.469. The Kier molecular flexibility index (Phi) is 9.16. The van der Waals surface area contributed by atoms with Gasteiger partial charge in [0.25, 0.3) is 0 Å². The zero-order chi connectivity index (χ0) is 15.5. The van der Waals surface area contributed by atoms with Crippen molar-refractivity contribution in [3.63, 3.8) is 0 Å². The van der Waals surface area contributed by atoms with Crippen LogP contribution in [0.5, 0.6) is 0 Å². The Bertz CT molecular complexity index is 368. The molecule has 0 amide bonds. The van der Waals surface area contributed by atoms with Gasteiger partial charge in [-0.05, 0) is 37.4 Å². The summed E-state index contributed by atoms with van der Waals surface area (Å²) in [6, 6.07) is 9.44. The zero-order valence-electron chi connectivity index (χ0n) is 14.5. The second-order valence-electron chi connectivity index (χ2n) is 5.77. The summed E-state index contributed by atoms with van der Waals surface area (Å²) in [4.78, 5) is 2.60. The Hall–Kier alpha value is -1.02. The smallest absolute Gasteiger partial charge is 0.0414 e. The topological polar surface area (TPSA) is 15.3 Å². The van der Waals surface area contributed by atoms with E-state index in [0.29, 0.717) is 6.04 Å². The number of unbranched alkanes of at least 4 members (excludes halogenated alkanes) is 2. The molecule has 0 aliphatic heterocycles. The standard InChI is InChI=1S/C19H34N2/c1-5-9-15-21(16-10-6-2)19-14-12-11-13-17(19)18(7-3)20-8-4/h11-14,18,20H,5-10,15-16H2,1-4H3. The Morgan fingerprint density at radius 3 is 2.10 bits per heavy atom. The van der Waals surface area contributed by atoms with E-state index in [0.717, 1.165) is 13.0 Å². The van der Waals surface area contributed by atoms with Crippen LogP contribution in [0.3, 0.4) is 0 Å². The van der Waals surface area contributed by atoms with Gasteiger partial charge in [0.15, 0.2) is 0 Å². The van der Waals surface area contributed by atoms with Crippen molar-refractivity contribution < 1.29 is 0 Å². The maximum atomic E-state index is 3.63. The number of para-hydroxylation sites is 1. The molecule has 2 nitrogen and oxygen atoms in total. The summed E-state index contributed by atoms with van der Waals surface area (Å²) in [5.74, 6) is 0. The van der Waals surface area contributed by atoms with Crippen molar-refractivity contribution in [1.29, 1.82) is 0 Å². The molecule has 0 spiro atoms. The number of nitrogens with one attached hydrogen (secondary N) is 1. The number of hydrogen-bond donors (Lipinski definition) is 1. The Balaban J connectivity index is 2.99. The largest absolute Gasteiger partial charge is 0.371 e. The quantitative estimate of drug-likeness (QED) is 0.606. The van der Waals surface area contributed by atoms with E-state index in [-0.39, 0.29) is 0 Å². The van der Waals surface area contributed by atoms with Gasteiger partial charge in [0.2, 0.25) is 0 Å². The first-order valence-electron chi connectivity index (χ1n) is 8.85. The van der Waals surface area contributed by atoms with Crippen molar-refractivity contribution in [3.8, 4) is 0 Å². The lowest BCUT2D eigenvalue weighted by atomic mass is 10.0. The average molecular weight is 290 g/mol.